The van der Waals surface area contributed by atoms with Gasteiger partial charge in [0.15, 0.2) is 10.8 Å². The number of hydrogen-bond acceptors (Lipinski definition) is 11. The predicted molar refractivity (Wildman–Crippen MR) is 158 cm³/mol. The third kappa shape index (κ3) is 6.83. The Bertz CT molecular complexity index is 1720. The van der Waals surface area contributed by atoms with Crippen molar-refractivity contribution in [1.29, 1.82) is 0 Å². The molecule has 11 nitrogen and oxygen atoms in total. The largest absolute Gasteiger partial charge is 0.443 e. The van der Waals surface area contributed by atoms with E-state index in [1.165, 1.54) is 30.2 Å². The molecule has 0 atom stereocenters. The number of nitrogens with one attached hydrogen (secondary N) is 3. The highest BCUT2D eigenvalue weighted by Crippen LogP contribution is 2.38. The lowest BCUT2D eigenvalue weighted by Crippen LogP contribution is -2.37. The number of anilines is 3. The van der Waals surface area contributed by atoms with Gasteiger partial charge in [-0.25, -0.2) is 32.7 Å². The molecule has 234 valence electrons. The summed E-state index contributed by atoms with van der Waals surface area (Å²) in [6.45, 7) is -0.119. The van der Waals surface area contributed by atoms with Crippen molar-refractivity contribution in [3.8, 4) is 22.6 Å². The summed E-state index contributed by atoms with van der Waals surface area (Å²) in [5, 5.41) is 13.8. The van der Waals surface area contributed by atoms with Crippen molar-refractivity contribution in [2.75, 3.05) is 23.9 Å². The van der Waals surface area contributed by atoms with Crippen LogP contribution in [0.5, 0.6) is 0 Å². The highest BCUT2D eigenvalue weighted by molar-refractivity contribution is 7.90. The number of halogens is 4. The molecule has 0 aliphatic heterocycles. The molecule has 3 N–H and O–H groups in total. The Kier molecular flexibility index (Phi) is 8.52. The minimum atomic E-state index is -4.56. The van der Waals surface area contributed by atoms with Crippen LogP contribution in [0.4, 0.5) is 34.9 Å². The third-order valence-electron chi connectivity index (χ3n) is 7.48. The zero-order valence-electron chi connectivity index (χ0n) is 23.3. The first-order valence-electron chi connectivity index (χ1n) is 14.1. The highest BCUT2D eigenvalue weighted by Gasteiger charge is 2.38. The summed E-state index contributed by atoms with van der Waals surface area (Å²) in [6.07, 6.45) is 5.66. The lowest BCUT2D eigenvalue weighted by molar-refractivity contribution is -0.137. The van der Waals surface area contributed by atoms with E-state index in [1.54, 1.807) is 12.1 Å². The first-order chi connectivity index (χ1) is 21.1. The first-order valence-corrected chi connectivity index (χ1v) is 16.5. The van der Waals surface area contributed by atoms with Gasteiger partial charge >= 0.3 is 6.18 Å². The maximum Gasteiger partial charge on any atom is 0.443 e. The highest BCUT2D eigenvalue weighted by atomic mass is 32.2. The molecule has 0 saturated heterocycles. The summed E-state index contributed by atoms with van der Waals surface area (Å²) in [6, 6.07) is 3.57. The lowest BCUT2D eigenvalue weighted by atomic mass is 9.91. The van der Waals surface area contributed by atoms with E-state index in [0.717, 1.165) is 29.8 Å². The average Bonchev–Trinajstić information content (AvgIpc) is 3.53. The SMILES string of the molecule is O=S(=O)(C1CC1)n1cc(-c2nccc(Nc3cc(NC4CCC(NCCF)CC4)c(-c4csc(C(F)(F)F)n4)cn3)n2)cn1. The van der Waals surface area contributed by atoms with Gasteiger partial charge < -0.3 is 16.0 Å². The van der Waals surface area contributed by atoms with Crippen LogP contribution in [-0.4, -0.2) is 68.1 Å². The Morgan fingerprint density at radius 2 is 1.77 bits per heavy atom. The lowest BCUT2D eigenvalue weighted by Gasteiger charge is -2.30. The Balaban J connectivity index is 1.23. The van der Waals surface area contributed by atoms with Crippen molar-refractivity contribution in [1.82, 2.24) is 34.4 Å². The van der Waals surface area contributed by atoms with Crippen molar-refractivity contribution in [2.24, 2.45) is 0 Å². The molecule has 2 aliphatic rings. The van der Waals surface area contributed by atoms with Gasteiger partial charge in [0.05, 0.1) is 28.9 Å². The smallest absolute Gasteiger partial charge is 0.382 e. The number of rotatable bonds is 11. The molecule has 2 saturated carbocycles. The molecule has 17 heteroatoms. The fraction of sp³-hybridized carbons (Fsp3) is 0.444. The zero-order chi connectivity index (χ0) is 30.9. The van der Waals surface area contributed by atoms with Gasteiger partial charge in [0.2, 0.25) is 0 Å². The Hall–Kier alpha value is -3.70. The Labute approximate surface area is 254 Å². The number of thiazole rings is 1. The van der Waals surface area contributed by atoms with E-state index in [9.17, 15) is 26.0 Å². The molecule has 2 aliphatic carbocycles. The number of nitrogens with zero attached hydrogens (tertiary/aromatic N) is 6. The fourth-order valence-corrected chi connectivity index (χ4v) is 7.24. The van der Waals surface area contributed by atoms with Crippen LogP contribution in [-0.2, 0) is 16.2 Å². The number of alkyl halides is 4. The molecule has 6 rings (SSSR count). The molecule has 0 bridgehead atoms. The summed E-state index contributed by atoms with van der Waals surface area (Å²) in [4.78, 5) is 17.0. The van der Waals surface area contributed by atoms with Crippen LogP contribution in [0.15, 0.2) is 42.3 Å². The second-order valence-electron chi connectivity index (χ2n) is 10.7. The minimum absolute atomic E-state index is 0.0438. The van der Waals surface area contributed by atoms with E-state index in [2.05, 4.69) is 41.0 Å². The third-order valence-corrected chi connectivity index (χ3v) is 10.4. The van der Waals surface area contributed by atoms with Gasteiger partial charge in [0.1, 0.15) is 18.3 Å². The van der Waals surface area contributed by atoms with Crippen LogP contribution in [0.1, 0.15) is 43.5 Å². The maximum atomic E-state index is 13.3. The van der Waals surface area contributed by atoms with Gasteiger partial charge in [-0.3, -0.25) is 0 Å². The zero-order valence-corrected chi connectivity index (χ0v) is 24.9. The van der Waals surface area contributed by atoms with Crippen LogP contribution in [0.3, 0.4) is 0 Å². The monoisotopic (exact) mass is 651 g/mol. The fourth-order valence-electron chi connectivity index (χ4n) is 5.07. The normalized spacial score (nSPS) is 19.2. The summed E-state index contributed by atoms with van der Waals surface area (Å²) >= 11 is 0.521. The molecule has 0 unspecified atom stereocenters. The van der Waals surface area contributed by atoms with Gasteiger partial charge in [-0.2, -0.15) is 22.4 Å². The average molecular weight is 652 g/mol. The summed E-state index contributed by atoms with van der Waals surface area (Å²) < 4.78 is 78.5. The molecular weight excluding hydrogens is 622 g/mol. The summed E-state index contributed by atoms with van der Waals surface area (Å²) in [5.41, 5.74) is 1.56. The van der Waals surface area contributed by atoms with E-state index in [4.69, 9.17) is 0 Å². The molecule has 4 aromatic rings. The maximum absolute atomic E-state index is 13.3. The molecule has 0 spiro atoms. The van der Waals surface area contributed by atoms with E-state index in [1.807, 2.05) is 0 Å². The van der Waals surface area contributed by atoms with Crippen LogP contribution >= 0.6 is 11.3 Å². The molecule has 2 fully saturated rings. The van der Waals surface area contributed by atoms with Gasteiger partial charge in [0.25, 0.3) is 10.0 Å². The van der Waals surface area contributed by atoms with E-state index >= 15 is 0 Å². The van der Waals surface area contributed by atoms with Gasteiger partial charge in [-0.1, -0.05) is 0 Å². The van der Waals surface area contributed by atoms with E-state index in [-0.39, 0.29) is 23.6 Å². The van der Waals surface area contributed by atoms with Gasteiger partial charge in [-0.15, -0.1) is 11.3 Å². The van der Waals surface area contributed by atoms with Crippen molar-refractivity contribution < 1.29 is 26.0 Å². The molecule has 0 radical (unpaired) electrons. The topological polar surface area (TPSA) is 140 Å². The summed E-state index contributed by atoms with van der Waals surface area (Å²) in [5.74, 6) is 0.992. The first kappa shape index (κ1) is 30.3. The van der Waals surface area contributed by atoms with Crippen LogP contribution in [0.25, 0.3) is 22.6 Å². The van der Waals surface area contributed by atoms with Crippen LogP contribution < -0.4 is 16.0 Å². The Morgan fingerprint density at radius 1 is 1.00 bits per heavy atom. The standard InChI is InChI=1S/C27H29F4N9O2S2/c28-8-10-32-17-1-3-18(4-2-17)36-21-11-24(34-13-20(21)22-15-43-26(37-22)27(29,30)31)38-23-7-9-33-25(39-23)16-12-35-40(14-16)44(41,42)19-5-6-19/h7,9,11-15,17-19,32H,1-6,8,10H2,(H2,33,34,36,38,39). The van der Waals surface area contributed by atoms with Crippen LogP contribution in [0, 0.1) is 0 Å². The molecule has 4 aromatic heterocycles. The quantitative estimate of drug-likeness (QED) is 0.185. The molecular formula is C27H29F4N9O2S2. The van der Waals surface area contributed by atoms with Crippen LogP contribution in [0.2, 0.25) is 0 Å². The second-order valence-corrected chi connectivity index (χ2v) is 13.7. The second kappa shape index (κ2) is 12.4. The van der Waals surface area contributed by atoms with Gasteiger partial charge in [-0.05, 0) is 44.6 Å². The minimum Gasteiger partial charge on any atom is -0.382 e. The molecule has 44 heavy (non-hydrogen) atoms. The summed E-state index contributed by atoms with van der Waals surface area (Å²) in [7, 11) is -3.54. The number of aromatic nitrogens is 6. The number of pyridine rings is 1. The Morgan fingerprint density at radius 3 is 2.48 bits per heavy atom. The van der Waals surface area contributed by atoms with Crippen molar-refractivity contribution >= 4 is 38.7 Å². The van der Waals surface area contributed by atoms with Crippen molar-refractivity contribution in [3.63, 3.8) is 0 Å². The molecule has 0 aromatic carbocycles. The number of hydrogen-bond donors (Lipinski definition) is 3. The van der Waals surface area contributed by atoms with Crippen molar-refractivity contribution in [3.05, 3.63) is 47.3 Å². The van der Waals surface area contributed by atoms with Gasteiger partial charge in [0, 0.05) is 53.7 Å². The van der Waals surface area contributed by atoms with E-state index < -0.39 is 33.1 Å². The molecule has 0 amide bonds. The van der Waals surface area contributed by atoms with E-state index in [0.29, 0.717) is 59.2 Å². The predicted octanol–water partition coefficient (Wildman–Crippen LogP) is 5.24. The van der Waals surface area contributed by atoms with Crippen molar-refractivity contribution in [2.45, 2.75) is 62.0 Å². The molecule has 4 heterocycles.